The highest BCUT2D eigenvalue weighted by molar-refractivity contribution is 5.96. The predicted octanol–water partition coefficient (Wildman–Crippen LogP) is 1.97. The Bertz CT molecular complexity index is 441. The average Bonchev–Trinajstić information content (AvgIpc) is 2.39. The molecule has 0 aromatic heterocycles. The number of alkyl halides is 2. The van der Waals surface area contributed by atoms with Crippen LogP contribution in [0, 0.1) is 0 Å². The Balaban J connectivity index is 2.97. The first-order valence-electron chi connectivity index (χ1n) is 5.67. The van der Waals surface area contributed by atoms with Gasteiger partial charge in [-0.3, -0.25) is 4.79 Å². The van der Waals surface area contributed by atoms with Crippen molar-refractivity contribution in [2.75, 3.05) is 12.4 Å². The summed E-state index contributed by atoms with van der Waals surface area (Å²) in [6, 6.07) is 3.41. The SMILES string of the molecule is CCC(N)C(=O)Nc1cc(OC)ccc1OC(F)F. The van der Waals surface area contributed by atoms with Crippen molar-refractivity contribution in [1.29, 1.82) is 0 Å². The van der Waals surface area contributed by atoms with Crippen molar-refractivity contribution in [2.45, 2.75) is 26.0 Å². The zero-order chi connectivity index (χ0) is 14.4. The number of hydrogen-bond donors (Lipinski definition) is 2. The molecule has 1 amide bonds. The zero-order valence-corrected chi connectivity index (χ0v) is 10.7. The number of nitrogens with two attached hydrogens (primary N) is 1. The third-order valence-electron chi connectivity index (χ3n) is 2.44. The van der Waals surface area contributed by atoms with Crippen LogP contribution in [0.1, 0.15) is 13.3 Å². The first-order valence-corrected chi connectivity index (χ1v) is 5.67. The Kier molecular flexibility index (Phi) is 5.50. The molecule has 0 aliphatic rings. The number of hydrogen-bond acceptors (Lipinski definition) is 4. The molecule has 19 heavy (non-hydrogen) atoms. The second kappa shape index (κ2) is 6.89. The van der Waals surface area contributed by atoms with Crippen LogP contribution in [-0.2, 0) is 4.79 Å². The lowest BCUT2D eigenvalue weighted by Crippen LogP contribution is -2.35. The molecule has 1 unspecified atom stereocenters. The fraction of sp³-hybridized carbons (Fsp3) is 0.417. The van der Waals surface area contributed by atoms with E-state index in [4.69, 9.17) is 10.5 Å². The van der Waals surface area contributed by atoms with E-state index in [0.29, 0.717) is 12.2 Å². The standard InChI is InChI=1S/C12H16F2N2O3/c1-3-8(15)11(17)16-9-6-7(18-2)4-5-10(9)19-12(13)14/h4-6,8,12H,3,15H2,1-2H3,(H,16,17). The van der Waals surface area contributed by atoms with Crippen LogP contribution in [0.2, 0.25) is 0 Å². The third-order valence-corrected chi connectivity index (χ3v) is 2.44. The van der Waals surface area contributed by atoms with Crippen molar-refractivity contribution in [3.8, 4) is 11.5 Å². The van der Waals surface area contributed by atoms with E-state index in [1.54, 1.807) is 6.92 Å². The molecule has 0 bridgehead atoms. The molecule has 1 aromatic rings. The minimum atomic E-state index is -2.98. The molecule has 0 aliphatic heterocycles. The van der Waals surface area contributed by atoms with Gasteiger partial charge in [0.15, 0.2) is 0 Å². The molecule has 0 fully saturated rings. The first-order chi connectivity index (χ1) is 8.97. The van der Waals surface area contributed by atoms with Crippen LogP contribution in [0.15, 0.2) is 18.2 Å². The van der Waals surface area contributed by atoms with Gasteiger partial charge >= 0.3 is 6.61 Å². The van der Waals surface area contributed by atoms with Gasteiger partial charge in [0.05, 0.1) is 18.8 Å². The van der Waals surface area contributed by atoms with Crippen LogP contribution >= 0.6 is 0 Å². The van der Waals surface area contributed by atoms with E-state index >= 15 is 0 Å². The molecule has 1 atom stereocenters. The minimum absolute atomic E-state index is 0.0913. The number of carbonyl (C=O) groups is 1. The highest BCUT2D eigenvalue weighted by Crippen LogP contribution is 2.30. The van der Waals surface area contributed by atoms with Crippen LogP contribution in [0.4, 0.5) is 14.5 Å². The lowest BCUT2D eigenvalue weighted by atomic mass is 10.2. The quantitative estimate of drug-likeness (QED) is 0.831. The third kappa shape index (κ3) is 4.36. The maximum atomic E-state index is 12.3. The van der Waals surface area contributed by atoms with Crippen molar-refractivity contribution >= 4 is 11.6 Å². The Labute approximate surface area is 109 Å². The minimum Gasteiger partial charge on any atom is -0.497 e. The van der Waals surface area contributed by atoms with E-state index in [9.17, 15) is 13.6 Å². The van der Waals surface area contributed by atoms with Crippen molar-refractivity contribution in [3.05, 3.63) is 18.2 Å². The van der Waals surface area contributed by atoms with Gasteiger partial charge < -0.3 is 20.5 Å². The van der Waals surface area contributed by atoms with Crippen molar-refractivity contribution < 1.29 is 23.0 Å². The topological polar surface area (TPSA) is 73.6 Å². The lowest BCUT2D eigenvalue weighted by Gasteiger charge is -2.15. The summed E-state index contributed by atoms with van der Waals surface area (Å²) in [7, 11) is 1.42. The van der Waals surface area contributed by atoms with E-state index < -0.39 is 18.6 Å². The molecule has 1 rings (SSSR count). The number of benzene rings is 1. The number of methoxy groups -OCH3 is 1. The van der Waals surface area contributed by atoms with Crippen LogP contribution < -0.4 is 20.5 Å². The molecule has 3 N–H and O–H groups in total. The highest BCUT2D eigenvalue weighted by atomic mass is 19.3. The Morgan fingerprint density at radius 3 is 2.68 bits per heavy atom. The summed E-state index contributed by atoms with van der Waals surface area (Å²) in [4.78, 5) is 11.7. The monoisotopic (exact) mass is 274 g/mol. The van der Waals surface area contributed by atoms with Crippen LogP contribution in [0.25, 0.3) is 0 Å². The van der Waals surface area contributed by atoms with E-state index in [0.717, 1.165) is 0 Å². The number of amides is 1. The molecule has 0 aliphatic carbocycles. The molecule has 0 saturated carbocycles. The summed E-state index contributed by atoms with van der Waals surface area (Å²) in [5, 5.41) is 2.44. The summed E-state index contributed by atoms with van der Waals surface area (Å²) < 4.78 is 33.8. The van der Waals surface area contributed by atoms with Crippen LogP contribution in [0.5, 0.6) is 11.5 Å². The van der Waals surface area contributed by atoms with Gasteiger partial charge in [-0.15, -0.1) is 0 Å². The lowest BCUT2D eigenvalue weighted by molar-refractivity contribution is -0.117. The van der Waals surface area contributed by atoms with Crippen molar-refractivity contribution in [1.82, 2.24) is 0 Å². The Morgan fingerprint density at radius 2 is 2.16 bits per heavy atom. The number of rotatable bonds is 6. The van der Waals surface area contributed by atoms with Crippen molar-refractivity contribution in [2.24, 2.45) is 5.73 Å². The maximum Gasteiger partial charge on any atom is 0.387 e. The van der Waals surface area contributed by atoms with Gasteiger partial charge in [-0.05, 0) is 18.6 Å². The average molecular weight is 274 g/mol. The van der Waals surface area contributed by atoms with Gasteiger partial charge in [0.2, 0.25) is 5.91 Å². The van der Waals surface area contributed by atoms with Gasteiger partial charge in [-0.25, -0.2) is 0 Å². The van der Waals surface area contributed by atoms with Gasteiger partial charge in [0.1, 0.15) is 11.5 Å². The van der Waals surface area contributed by atoms with E-state index in [-0.39, 0.29) is 11.4 Å². The number of nitrogens with one attached hydrogen (secondary N) is 1. The van der Waals surface area contributed by atoms with Crippen molar-refractivity contribution in [3.63, 3.8) is 0 Å². The van der Waals surface area contributed by atoms with Gasteiger partial charge in [-0.1, -0.05) is 6.92 Å². The molecule has 1 aromatic carbocycles. The Hall–Kier alpha value is -1.89. The molecule has 5 nitrogen and oxygen atoms in total. The number of anilines is 1. The second-order valence-corrected chi connectivity index (χ2v) is 3.74. The molecule has 106 valence electrons. The molecular weight excluding hydrogens is 258 g/mol. The predicted molar refractivity (Wildman–Crippen MR) is 66.5 cm³/mol. The Morgan fingerprint density at radius 1 is 1.47 bits per heavy atom. The summed E-state index contributed by atoms with van der Waals surface area (Å²) in [6.07, 6.45) is 0.431. The fourth-order valence-corrected chi connectivity index (χ4v) is 1.34. The molecule has 0 spiro atoms. The largest absolute Gasteiger partial charge is 0.497 e. The molecular formula is C12H16F2N2O3. The normalized spacial score (nSPS) is 12.1. The highest BCUT2D eigenvalue weighted by Gasteiger charge is 2.16. The first kappa shape index (κ1) is 15.2. The summed E-state index contributed by atoms with van der Waals surface area (Å²) in [6.45, 7) is -1.24. The molecule has 7 heteroatoms. The number of ether oxygens (including phenoxy) is 2. The van der Waals surface area contributed by atoms with Gasteiger partial charge in [0.25, 0.3) is 0 Å². The molecule has 0 saturated heterocycles. The zero-order valence-electron chi connectivity index (χ0n) is 10.7. The van der Waals surface area contributed by atoms with Crippen LogP contribution in [0.3, 0.4) is 0 Å². The smallest absolute Gasteiger partial charge is 0.387 e. The summed E-state index contributed by atoms with van der Waals surface area (Å²) >= 11 is 0. The van der Waals surface area contributed by atoms with E-state index in [1.165, 1.54) is 25.3 Å². The summed E-state index contributed by atoms with van der Waals surface area (Å²) in [5.74, 6) is -0.218. The van der Waals surface area contributed by atoms with Gasteiger partial charge in [-0.2, -0.15) is 8.78 Å². The van der Waals surface area contributed by atoms with Gasteiger partial charge in [0, 0.05) is 6.07 Å². The van der Waals surface area contributed by atoms with E-state index in [2.05, 4.69) is 10.1 Å². The fourth-order valence-electron chi connectivity index (χ4n) is 1.34. The number of halogens is 2. The summed E-state index contributed by atoms with van der Waals surface area (Å²) in [5.41, 5.74) is 5.65. The second-order valence-electron chi connectivity index (χ2n) is 3.74. The number of carbonyl (C=O) groups excluding carboxylic acids is 1. The maximum absolute atomic E-state index is 12.3. The molecule has 0 radical (unpaired) electrons. The van der Waals surface area contributed by atoms with Crippen LogP contribution in [-0.4, -0.2) is 25.7 Å². The molecule has 0 heterocycles. The van der Waals surface area contributed by atoms with E-state index in [1.807, 2.05) is 0 Å².